The van der Waals surface area contributed by atoms with Crippen LogP contribution in [-0.2, 0) is 6.67 Å². The van der Waals surface area contributed by atoms with Crippen molar-refractivity contribution in [3.8, 4) is 11.4 Å². The molecule has 0 atom stereocenters. The lowest BCUT2D eigenvalue weighted by Crippen LogP contribution is -2.30. The maximum atomic E-state index is 13.1. The van der Waals surface area contributed by atoms with Crippen LogP contribution in [0.25, 0.3) is 11.4 Å². The van der Waals surface area contributed by atoms with E-state index in [4.69, 9.17) is 0 Å². The molecule has 0 bridgehead atoms. The molecular weight excluding hydrogens is 299 g/mol. The van der Waals surface area contributed by atoms with Crippen LogP contribution in [0.1, 0.15) is 0 Å². The summed E-state index contributed by atoms with van der Waals surface area (Å²) < 4.78 is 15.2. The summed E-state index contributed by atoms with van der Waals surface area (Å²) in [6.45, 7) is 0.687. The highest BCUT2D eigenvalue weighted by Gasteiger charge is 2.22. The van der Waals surface area contributed by atoms with Crippen LogP contribution in [0.15, 0.2) is 59.8 Å². The first-order chi connectivity index (χ1) is 10.8. The number of hydrogen-bond donors (Lipinski definition) is 0. The number of hydrogen-bond acceptors (Lipinski definition) is 4. The summed E-state index contributed by atoms with van der Waals surface area (Å²) in [5.41, 5.74) is 2.04. The number of nitrogens with zero attached hydrogens (tertiary/aromatic N) is 4. The normalized spacial score (nSPS) is 14.0. The molecule has 0 saturated heterocycles. The van der Waals surface area contributed by atoms with Crippen LogP contribution >= 0.6 is 11.8 Å². The van der Waals surface area contributed by atoms with Gasteiger partial charge in [0.2, 0.25) is 0 Å². The first kappa shape index (κ1) is 13.3. The molecule has 0 radical (unpaired) electrons. The third-order valence-corrected chi connectivity index (χ3v) is 4.60. The van der Waals surface area contributed by atoms with E-state index in [-0.39, 0.29) is 5.82 Å². The van der Waals surface area contributed by atoms with E-state index in [0.29, 0.717) is 6.67 Å². The standard InChI is InChI=1S/C16H13FN4S/c17-13-8-6-12(7-9-13)15-18-19-16-21(15)10-20(11-22-16)14-4-2-1-3-5-14/h1-9H,10-11H2. The Kier molecular flexibility index (Phi) is 3.31. The van der Waals surface area contributed by atoms with E-state index in [1.807, 2.05) is 18.2 Å². The molecule has 0 saturated carbocycles. The van der Waals surface area contributed by atoms with Gasteiger partial charge in [-0.05, 0) is 36.4 Å². The van der Waals surface area contributed by atoms with Crippen molar-refractivity contribution in [3.63, 3.8) is 0 Å². The van der Waals surface area contributed by atoms with E-state index >= 15 is 0 Å². The Morgan fingerprint density at radius 1 is 0.955 bits per heavy atom. The molecular formula is C16H13FN4S. The van der Waals surface area contributed by atoms with Gasteiger partial charge in [-0.25, -0.2) is 4.39 Å². The molecule has 1 aliphatic heterocycles. The van der Waals surface area contributed by atoms with Crippen LogP contribution in [0.4, 0.5) is 10.1 Å². The van der Waals surface area contributed by atoms with Crippen LogP contribution in [0.3, 0.4) is 0 Å². The van der Waals surface area contributed by atoms with Gasteiger partial charge in [-0.1, -0.05) is 30.0 Å². The summed E-state index contributed by atoms with van der Waals surface area (Å²) in [6, 6.07) is 16.6. The molecule has 3 aromatic rings. The summed E-state index contributed by atoms with van der Waals surface area (Å²) in [6.07, 6.45) is 0. The number of thioether (sulfide) groups is 1. The van der Waals surface area contributed by atoms with Gasteiger partial charge in [0.05, 0.1) is 12.5 Å². The molecule has 0 aliphatic carbocycles. The fraction of sp³-hybridized carbons (Fsp3) is 0.125. The lowest BCUT2D eigenvalue weighted by molar-refractivity contribution is 0.607. The van der Waals surface area contributed by atoms with Gasteiger partial charge in [-0.3, -0.25) is 4.57 Å². The molecule has 22 heavy (non-hydrogen) atoms. The second-order valence-electron chi connectivity index (χ2n) is 5.03. The van der Waals surface area contributed by atoms with E-state index in [0.717, 1.165) is 22.4 Å². The zero-order valence-electron chi connectivity index (χ0n) is 11.7. The molecule has 1 aromatic heterocycles. The van der Waals surface area contributed by atoms with Crippen molar-refractivity contribution >= 4 is 17.4 Å². The van der Waals surface area contributed by atoms with Crippen LogP contribution in [-0.4, -0.2) is 20.6 Å². The zero-order valence-corrected chi connectivity index (χ0v) is 12.5. The summed E-state index contributed by atoms with van der Waals surface area (Å²) in [7, 11) is 0. The fourth-order valence-corrected chi connectivity index (χ4v) is 3.38. The number of halogens is 1. The maximum Gasteiger partial charge on any atom is 0.194 e. The molecule has 1 aliphatic rings. The predicted octanol–water partition coefficient (Wildman–Crippen LogP) is 3.61. The molecule has 2 heterocycles. The van der Waals surface area contributed by atoms with E-state index in [9.17, 15) is 4.39 Å². The monoisotopic (exact) mass is 312 g/mol. The van der Waals surface area contributed by atoms with Crippen LogP contribution in [0.2, 0.25) is 0 Å². The quantitative estimate of drug-likeness (QED) is 0.724. The lowest BCUT2D eigenvalue weighted by atomic mass is 10.2. The largest absolute Gasteiger partial charge is 0.344 e. The highest BCUT2D eigenvalue weighted by molar-refractivity contribution is 7.99. The van der Waals surface area contributed by atoms with Crippen LogP contribution in [0, 0.1) is 5.82 Å². The number of fused-ring (bicyclic) bond motifs is 1. The van der Waals surface area contributed by atoms with Crippen molar-refractivity contribution in [1.29, 1.82) is 0 Å². The number of benzene rings is 2. The third-order valence-electron chi connectivity index (χ3n) is 3.60. The predicted molar refractivity (Wildman–Crippen MR) is 85.1 cm³/mol. The Hall–Kier alpha value is -2.34. The summed E-state index contributed by atoms with van der Waals surface area (Å²) in [5.74, 6) is 1.36. The summed E-state index contributed by atoms with van der Waals surface area (Å²) in [5, 5.41) is 9.40. The smallest absolute Gasteiger partial charge is 0.194 e. The average molecular weight is 312 g/mol. The van der Waals surface area contributed by atoms with Crippen molar-refractivity contribution in [2.24, 2.45) is 0 Å². The third kappa shape index (κ3) is 2.35. The minimum Gasteiger partial charge on any atom is -0.344 e. The number of para-hydroxylation sites is 1. The van der Waals surface area contributed by atoms with E-state index in [1.165, 1.54) is 17.8 Å². The molecule has 0 spiro atoms. The Balaban J connectivity index is 1.69. The SMILES string of the molecule is Fc1ccc(-c2nnc3n2CN(c2ccccc2)CS3)cc1. The molecule has 2 aromatic carbocycles. The topological polar surface area (TPSA) is 34.0 Å². The van der Waals surface area contributed by atoms with Crippen LogP contribution < -0.4 is 4.90 Å². The van der Waals surface area contributed by atoms with Gasteiger partial charge in [0, 0.05) is 11.3 Å². The fourth-order valence-electron chi connectivity index (χ4n) is 2.48. The van der Waals surface area contributed by atoms with E-state index in [2.05, 4.69) is 31.8 Å². The van der Waals surface area contributed by atoms with Crippen molar-refractivity contribution in [2.45, 2.75) is 11.8 Å². The van der Waals surface area contributed by atoms with Crippen molar-refractivity contribution in [1.82, 2.24) is 14.8 Å². The second-order valence-corrected chi connectivity index (χ2v) is 5.94. The molecule has 0 amide bonds. The molecule has 0 unspecified atom stereocenters. The first-order valence-corrected chi connectivity index (χ1v) is 7.92. The van der Waals surface area contributed by atoms with Crippen molar-refractivity contribution < 1.29 is 4.39 Å². The van der Waals surface area contributed by atoms with Gasteiger partial charge in [0.25, 0.3) is 0 Å². The van der Waals surface area contributed by atoms with Gasteiger partial charge in [-0.15, -0.1) is 10.2 Å². The zero-order chi connectivity index (χ0) is 14.9. The minimum atomic E-state index is -0.248. The van der Waals surface area contributed by atoms with Crippen molar-refractivity contribution in [2.75, 3.05) is 10.8 Å². The maximum absolute atomic E-state index is 13.1. The Morgan fingerprint density at radius 2 is 1.73 bits per heavy atom. The van der Waals surface area contributed by atoms with Gasteiger partial charge in [0.15, 0.2) is 11.0 Å². The Bertz CT molecular complexity index is 786. The van der Waals surface area contributed by atoms with Gasteiger partial charge in [-0.2, -0.15) is 0 Å². The highest BCUT2D eigenvalue weighted by atomic mass is 32.2. The number of rotatable bonds is 2. The molecule has 0 fully saturated rings. The molecule has 0 N–H and O–H groups in total. The van der Waals surface area contributed by atoms with E-state index < -0.39 is 0 Å². The first-order valence-electron chi connectivity index (χ1n) is 6.93. The molecule has 4 nitrogen and oxygen atoms in total. The highest BCUT2D eigenvalue weighted by Crippen LogP contribution is 2.31. The molecule has 110 valence electrons. The van der Waals surface area contributed by atoms with E-state index in [1.54, 1.807) is 23.9 Å². The van der Waals surface area contributed by atoms with Crippen molar-refractivity contribution in [3.05, 3.63) is 60.4 Å². The second kappa shape index (κ2) is 5.46. The minimum absolute atomic E-state index is 0.248. The Morgan fingerprint density at radius 3 is 2.50 bits per heavy atom. The average Bonchev–Trinajstić information content (AvgIpc) is 2.99. The molecule has 4 rings (SSSR count). The van der Waals surface area contributed by atoms with Gasteiger partial charge in [0.1, 0.15) is 5.82 Å². The lowest BCUT2D eigenvalue weighted by Gasteiger charge is -2.29. The molecule has 6 heteroatoms. The number of anilines is 1. The number of aromatic nitrogens is 3. The van der Waals surface area contributed by atoms with Crippen LogP contribution in [0.5, 0.6) is 0 Å². The van der Waals surface area contributed by atoms with Gasteiger partial charge < -0.3 is 4.90 Å². The summed E-state index contributed by atoms with van der Waals surface area (Å²) >= 11 is 1.65. The van der Waals surface area contributed by atoms with Gasteiger partial charge >= 0.3 is 0 Å². The Labute approximate surface area is 131 Å². The summed E-state index contributed by atoms with van der Waals surface area (Å²) in [4.78, 5) is 2.26.